The first-order chi connectivity index (χ1) is 5.37. The molecule has 0 nitrogen and oxygen atoms in total. The molecule has 0 unspecified atom stereocenters. The minimum atomic E-state index is 0.519. The van der Waals surface area contributed by atoms with Crippen molar-refractivity contribution in [3.8, 4) is 0 Å². The molecular weight excluding hydrogens is 160 g/mol. The van der Waals surface area contributed by atoms with Crippen LogP contribution in [-0.2, 0) is 0 Å². The van der Waals surface area contributed by atoms with Crippen molar-refractivity contribution in [2.45, 2.75) is 65.3 Å². The van der Waals surface area contributed by atoms with Gasteiger partial charge >= 0.3 is 0 Å². The Hall–Kier alpha value is 0.217. The molecule has 0 aromatic rings. The van der Waals surface area contributed by atoms with Gasteiger partial charge in [-0.2, -0.15) is 0 Å². The lowest BCUT2D eigenvalue weighted by atomic mass is 9.74. The molecule has 0 bridgehead atoms. The summed E-state index contributed by atoms with van der Waals surface area (Å²) >= 11 is 0. The van der Waals surface area contributed by atoms with Gasteiger partial charge in [0.2, 0.25) is 0 Å². The third kappa shape index (κ3) is 2.93. The quantitative estimate of drug-likeness (QED) is 0.592. The van der Waals surface area contributed by atoms with E-state index in [2.05, 4.69) is 34.6 Å². The molecule has 12 heavy (non-hydrogen) atoms. The van der Waals surface area contributed by atoms with Gasteiger partial charge in [0.05, 0.1) is 0 Å². The second kappa shape index (κ2) is 4.45. The van der Waals surface area contributed by atoms with Crippen molar-refractivity contribution >= 4 is 10.2 Å². The Balaban J connectivity index is 4.38. The molecule has 74 valence electrons. The fraction of sp³-hybridized carbons (Fsp3) is 1.00. The monoisotopic (exact) mass is 186 g/mol. The molecule has 0 aromatic heterocycles. The Morgan fingerprint density at radius 2 is 1.25 bits per heavy atom. The molecule has 0 spiro atoms. The Bertz CT molecular complexity index is 115. The Morgan fingerprint density at radius 1 is 0.917 bits per heavy atom. The van der Waals surface area contributed by atoms with Gasteiger partial charge in [0.1, 0.15) is 0 Å². The van der Waals surface area contributed by atoms with E-state index in [0.717, 1.165) is 0 Å². The van der Waals surface area contributed by atoms with Crippen LogP contribution in [0.1, 0.15) is 60.3 Å². The van der Waals surface area contributed by atoms with Gasteiger partial charge in [-0.1, -0.05) is 60.3 Å². The average molecular weight is 186 g/mol. The molecule has 0 fully saturated rings. The standard InChI is InChI=1S/C11H26Si/c1-6-8-11(12,9-7-2)10(3,4)5/h6-9H2,1-5,12H3. The summed E-state index contributed by atoms with van der Waals surface area (Å²) in [5, 5.41) is 0.677. The lowest BCUT2D eigenvalue weighted by Gasteiger charge is -2.42. The zero-order chi connectivity index (χ0) is 9.83. The van der Waals surface area contributed by atoms with E-state index in [0.29, 0.717) is 10.5 Å². The van der Waals surface area contributed by atoms with Crippen molar-refractivity contribution in [2.75, 3.05) is 0 Å². The first-order valence-corrected chi connectivity index (χ1v) is 6.37. The second-order valence-electron chi connectivity index (χ2n) is 5.31. The molecule has 1 heteroatoms. The Labute approximate surface area is 81.6 Å². The highest BCUT2D eigenvalue weighted by atomic mass is 28.1. The van der Waals surface area contributed by atoms with Gasteiger partial charge in [-0.25, -0.2) is 0 Å². The van der Waals surface area contributed by atoms with Gasteiger partial charge in [0.25, 0.3) is 0 Å². The van der Waals surface area contributed by atoms with Crippen LogP contribution in [0.5, 0.6) is 0 Å². The molecule has 0 aromatic carbocycles. The summed E-state index contributed by atoms with van der Waals surface area (Å²) in [5.74, 6) is 0. The number of hydrogen-bond acceptors (Lipinski definition) is 0. The molecule has 0 saturated heterocycles. The maximum Gasteiger partial charge on any atom is 0.0113 e. The lowest BCUT2D eigenvalue weighted by molar-refractivity contribution is 0.229. The van der Waals surface area contributed by atoms with Gasteiger partial charge < -0.3 is 0 Å². The summed E-state index contributed by atoms with van der Waals surface area (Å²) in [5.41, 5.74) is 0.519. The second-order valence-corrected chi connectivity index (χ2v) is 7.22. The van der Waals surface area contributed by atoms with E-state index in [4.69, 9.17) is 0 Å². The van der Waals surface area contributed by atoms with Crippen LogP contribution in [0.2, 0.25) is 5.04 Å². The van der Waals surface area contributed by atoms with E-state index >= 15 is 0 Å². The number of rotatable bonds is 4. The topological polar surface area (TPSA) is 0 Å². The van der Waals surface area contributed by atoms with Crippen LogP contribution in [0.4, 0.5) is 0 Å². The van der Waals surface area contributed by atoms with Crippen LogP contribution >= 0.6 is 0 Å². The van der Waals surface area contributed by atoms with E-state index in [1.165, 1.54) is 35.9 Å². The van der Waals surface area contributed by atoms with E-state index < -0.39 is 0 Å². The van der Waals surface area contributed by atoms with Crippen LogP contribution in [0, 0.1) is 5.41 Å². The van der Waals surface area contributed by atoms with E-state index in [1.807, 2.05) is 0 Å². The van der Waals surface area contributed by atoms with Crippen molar-refractivity contribution in [2.24, 2.45) is 5.41 Å². The first kappa shape index (κ1) is 12.2. The zero-order valence-electron chi connectivity index (χ0n) is 9.83. The van der Waals surface area contributed by atoms with Gasteiger partial charge in [0.15, 0.2) is 0 Å². The summed E-state index contributed by atoms with van der Waals surface area (Å²) in [7, 11) is 1.35. The highest BCUT2D eigenvalue weighted by Gasteiger charge is 2.35. The van der Waals surface area contributed by atoms with Gasteiger partial charge in [0, 0.05) is 10.2 Å². The van der Waals surface area contributed by atoms with Crippen LogP contribution in [0.15, 0.2) is 0 Å². The molecular formula is C11H26Si. The molecule has 0 aliphatic rings. The van der Waals surface area contributed by atoms with E-state index in [9.17, 15) is 0 Å². The Morgan fingerprint density at radius 3 is 1.42 bits per heavy atom. The average Bonchev–Trinajstić information content (AvgIpc) is 1.86. The van der Waals surface area contributed by atoms with Crippen molar-refractivity contribution in [3.05, 3.63) is 0 Å². The lowest BCUT2D eigenvalue weighted by Crippen LogP contribution is -2.29. The molecule has 0 radical (unpaired) electrons. The predicted octanol–water partition coefficient (Wildman–Crippen LogP) is 3.16. The summed E-state index contributed by atoms with van der Waals surface area (Å²) in [6, 6.07) is 0. The fourth-order valence-electron chi connectivity index (χ4n) is 1.98. The minimum Gasteiger partial charge on any atom is -0.0654 e. The predicted molar refractivity (Wildman–Crippen MR) is 61.9 cm³/mol. The third-order valence-electron chi connectivity index (χ3n) is 3.41. The summed E-state index contributed by atoms with van der Waals surface area (Å²) < 4.78 is 0. The maximum absolute atomic E-state index is 2.41. The smallest absolute Gasteiger partial charge is 0.0113 e. The Kier molecular flexibility index (Phi) is 4.53. The molecule has 0 N–H and O–H groups in total. The molecule has 0 aliphatic heterocycles. The maximum atomic E-state index is 2.41. The van der Waals surface area contributed by atoms with Crippen LogP contribution in [0.3, 0.4) is 0 Å². The number of hydrogen-bond donors (Lipinski definition) is 0. The molecule has 0 amide bonds. The van der Waals surface area contributed by atoms with Crippen LogP contribution < -0.4 is 0 Å². The summed E-state index contributed by atoms with van der Waals surface area (Å²) in [4.78, 5) is 0. The molecule has 0 rings (SSSR count). The van der Waals surface area contributed by atoms with Crippen molar-refractivity contribution < 1.29 is 0 Å². The van der Waals surface area contributed by atoms with E-state index in [-0.39, 0.29) is 0 Å². The van der Waals surface area contributed by atoms with E-state index in [1.54, 1.807) is 0 Å². The normalized spacial score (nSPS) is 13.8. The minimum absolute atomic E-state index is 0.519. The van der Waals surface area contributed by atoms with Gasteiger partial charge in [-0.3, -0.25) is 0 Å². The molecule has 0 aliphatic carbocycles. The van der Waals surface area contributed by atoms with Crippen LogP contribution in [0.25, 0.3) is 0 Å². The highest BCUT2D eigenvalue weighted by Crippen LogP contribution is 2.49. The molecule has 0 heterocycles. The third-order valence-corrected chi connectivity index (χ3v) is 5.91. The van der Waals surface area contributed by atoms with Crippen molar-refractivity contribution in [1.82, 2.24) is 0 Å². The van der Waals surface area contributed by atoms with Crippen molar-refractivity contribution in [3.63, 3.8) is 0 Å². The first-order valence-electron chi connectivity index (χ1n) is 5.37. The SMILES string of the molecule is CCCC([SiH3])(CCC)C(C)(C)C. The van der Waals surface area contributed by atoms with Crippen molar-refractivity contribution in [1.29, 1.82) is 0 Å². The van der Waals surface area contributed by atoms with Crippen LogP contribution in [-0.4, -0.2) is 10.2 Å². The fourth-order valence-corrected chi connectivity index (χ4v) is 2.98. The molecule has 0 atom stereocenters. The summed E-state index contributed by atoms with van der Waals surface area (Å²) in [6.45, 7) is 11.9. The highest BCUT2D eigenvalue weighted by molar-refractivity contribution is 6.15. The van der Waals surface area contributed by atoms with Gasteiger partial charge in [-0.15, -0.1) is 0 Å². The largest absolute Gasteiger partial charge is 0.0654 e. The molecule has 0 saturated carbocycles. The summed E-state index contributed by atoms with van der Waals surface area (Å²) in [6.07, 6.45) is 5.55. The van der Waals surface area contributed by atoms with Gasteiger partial charge in [-0.05, 0) is 10.5 Å². The zero-order valence-corrected chi connectivity index (χ0v) is 11.8.